The molecular formula is C81H92N6O11. The van der Waals surface area contributed by atoms with Crippen LogP contribution < -0.4 is 35.5 Å². The summed E-state index contributed by atoms with van der Waals surface area (Å²) in [6, 6.07) is 41.6. The molecule has 512 valence electrons. The van der Waals surface area contributed by atoms with Crippen molar-refractivity contribution in [2.75, 3.05) is 45.1 Å². The molecule has 2 amide bonds. The molecule has 17 heteroatoms. The van der Waals surface area contributed by atoms with Gasteiger partial charge < -0.3 is 54.8 Å². The first kappa shape index (κ1) is 69.8. The highest BCUT2D eigenvalue weighted by atomic mass is 16.5. The van der Waals surface area contributed by atoms with E-state index in [1.807, 2.05) is 38.4 Å². The number of ether oxygens (including phenoxy) is 3. The van der Waals surface area contributed by atoms with Gasteiger partial charge in [-0.3, -0.25) is 19.2 Å². The molecule has 14 rings (SSSR count). The zero-order valence-electron chi connectivity index (χ0n) is 57.1. The van der Waals surface area contributed by atoms with Crippen LogP contribution in [0.5, 0.6) is 17.2 Å². The third-order valence-electron chi connectivity index (χ3n) is 20.7. The third kappa shape index (κ3) is 15.4. The second kappa shape index (κ2) is 31.7. The Hall–Kier alpha value is -9.58. The lowest BCUT2D eigenvalue weighted by atomic mass is 9.81. The number of Topliss-reactive ketones (excluding diaryl/α,β-unsaturated/α-hetero) is 2. The van der Waals surface area contributed by atoms with E-state index in [0.29, 0.717) is 47.6 Å². The van der Waals surface area contributed by atoms with Crippen LogP contribution in [0.15, 0.2) is 140 Å². The smallest absolute Gasteiger partial charge is 0.328 e. The summed E-state index contributed by atoms with van der Waals surface area (Å²) in [7, 11) is 5.35. The summed E-state index contributed by atoms with van der Waals surface area (Å²) >= 11 is 0. The molecular weight excluding hydrogens is 1230 g/mol. The van der Waals surface area contributed by atoms with Crippen LogP contribution in [0.25, 0.3) is 56.5 Å². The van der Waals surface area contributed by atoms with Gasteiger partial charge in [0.25, 0.3) is 0 Å². The summed E-state index contributed by atoms with van der Waals surface area (Å²) in [5, 5.41) is 31.8. The fourth-order valence-corrected chi connectivity index (χ4v) is 15.6. The SMILES string of the molecule is CC(=O)c1ccc2c(C3CCCCC3)c(-c3ccccc3)n3c2c1OCC3.CNC1(C(=O)Nc2ccc(/C=C/C(=O)O)cc2)CCCC1.CNC1(C(=O)Nc2ccc(/C=C\C(=O)O)cc2)CCCC1.COc1ccc(-c2c(C3CCCCC3)c3ccc(C(C)=O)c4c3n2CCO4)cc1. The molecule has 6 N–H and O–H groups in total. The van der Waals surface area contributed by atoms with Crippen molar-refractivity contribution < 1.29 is 53.2 Å². The van der Waals surface area contributed by atoms with Crippen LogP contribution in [-0.2, 0) is 32.3 Å². The molecule has 2 aromatic heterocycles. The minimum absolute atomic E-state index is 0.00340. The van der Waals surface area contributed by atoms with E-state index >= 15 is 0 Å². The molecule has 17 nitrogen and oxygen atoms in total. The Balaban J connectivity index is 0.000000134. The summed E-state index contributed by atoms with van der Waals surface area (Å²) in [5.74, 6) is 1.71. The van der Waals surface area contributed by atoms with Crippen LogP contribution in [-0.4, -0.2) is 100 Å². The molecule has 98 heavy (non-hydrogen) atoms. The first-order valence-corrected chi connectivity index (χ1v) is 34.9. The average Bonchev–Trinajstić information content (AvgIpc) is 1.58. The molecule has 0 atom stereocenters. The summed E-state index contributed by atoms with van der Waals surface area (Å²) in [6.07, 6.45) is 25.7. The molecule has 4 heterocycles. The molecule has 0 unspecified atom stereocenters. The van der Waals surface area contributed by atoms with Crippen molar-refractivity contribution in [1.82, 2.24) is 19.8 Å². The predicted octanol–water partition coefficient (Wildman–Crippen LogP) is 16.4. The molecule has 4 aliphatic carbocycles. The number of rotatable bonds is 17. The van der Waals surface area contributed by atoms with Gasteiger partial charge in [0.05, 0.1) is 64.8 Å². The molecule has 4 fully saturated rings. The molecule has 0 radical (unpaired) electrons. The standard InChI is InChI=1S/C25H27NO3.C24H25NO2.2C16H20N2O3/c1-16(27)20-12-13-21-22(17-6-4-3-5-7-17)23(18-8-10-19(28-2)11-9-18)26-14-15-29-25(20)24(21)26;1-16(26)19-12-13-20-21(17-8-4-2-5-9-17)22(18-10-6-3-7-11-18)25-14-15-27-24(19)23(20)25;2*1-17-16(10-2-3-11-16)15(21)18-13-7-4-12(5-8-13)6-9-14(19)20/h8-13,17H,3-7,14-15H2,1-2H3;3,6-7,10-13,17H,2,4-5,8-9,14-15H2,1H3;2*4-9,17H,2-3,10-11H2,1H3,(H,18,21)(H,19,20)/b;;9-6+;9-6-. The molecule has 6 aliphatic rings. The van der Waals surface area contributed by atoms with Gasteiger partial charge in [-0.15, -0.1) is 0 Å². The maximum Gasteiger partial charge on any atom is 0.328 e. The molecule has 8 aromatic rings. The normalized spacial score (nSPS) is 16.9. The van der Waals surface area contributed by atoms with Crippen molar-refractivity contribution in [1.29, 1.82) is 0 Å². The van der Waals surface area contributed by atoms with Crippen LogP contribution in [0.1, 0.15) is 184 Å². The topological polar surface area (TPSA) is 229 Å². The summed E-state index contributed by atoms with van der Waals surface area (Å²) in [4.78, 5) is 70.1. The van der Waals surface area contributed by atoms with Crippen molar-refractivity contribution in [3.63, 3.8) is 0 Å². The number of hydrogen-bond donors (Lipinski definition) is 6. The van der Waals surface area contributed by atoms with Crippen molar-refractivity contribution >= 4 is 80.7 Å². The number of aromatic nitrogens is 2. The van der Waals surface area contributed by atoms with Crippen LogP contribution in [0, 0.1) is 0 Å². The zero-order chi connectivity index (χ0) is 68.9. The molecule has 4 saturated carbocycles. The molecule has 0 saturated heterocycles. The van der Waals surface area contributed by atoms with E-state index in [4.69, 9.17) is 24.4 Å². The minimum Gasteiger partial charge on any atom is -0.497 e. The van der Waals surface area contributed by atoms with Crippen LogP contribution in [0.4, 0.5) is 11.4 Å². The number of carboxylic acid groups (broad SMARTS) is 2. The van der Waals surface area contributed by atoms with Gasteiger partial charge in [0, 0.05) is 34.3 Å². The quantitative estimate of drug-likeness (QED) is 0.0369. The number of carbonyl (C=O) groups excluding carboxylic acids is 4. The predicted molar refractivity (Wildman–Crippen MR) is 388 cm³/mol. The van der Waals surface area contributed by atoms with E-state index in [1.54, 1.807) is 69.5 Å². The molecule has 2 aliphatic heterocycles. The van der Waals surface area contributed by atoms with Gasteiger partial charge >= 0.3 is 11.9 Å². The van der Waals surface area contributed by atoms with Crippen molar-refractivity contribution in [2.45, 2.75) is 165 Å². The Labute approximate surface area is 574 Å². The lowest BCUT2D eigenvalue weighted by Gasteiger charge is -2.27. The molecule has 0 spiro atoms. The Bertz CT molecular complexity index is 4130. The van der Waals surface area contributed by atoms with Crippen LogP contribution in [0.2, 0.25) is 0 Å². The fraction of sp³-hybridized carbons (Fsp3) is 0.383. The van der Waals surface area contributed by atoms with Gasteiger partial charge in [-0.2, -0.15) is 0 Å². The van der Waals surface area contributed by atoms with E-state index in [1.165, 1.54) is 121 Å². The fourth-order valence-electron chi connectivity index (χ4n) is 15.6. The number of carbonyl (C=O) groups is 6. The van der Waals surface area contributed by atoms with E-state index in [9.17, 15) is 28.8 Å². The summed E-state index contributed by atoms with van der Waals surface area (Å²) in [6.45, 7) is 6.10. The highest BCUT2D eigenvalue weighted by Crippen LogP contribution is 2.50. The zero-order valence-corrected chi connectivity index (χ0v) is 57.1. The van der Waals surface area contributed by atoms with Crippen molar-refractivity contribution in [3.05, 3.63) is 173 Å². The number of hydrogen-bond acceptors (Lipinski definition) is 11. The van der Waals surface area contributed by atoms with E-state index < -0.39 is 23.0 Å². The lowest BCUT2D eigenvalue weighted by Crippen LogP contribution is -2.50. The summed E-state index contributed by atoms with van der Waals surface area (Å²) in [5.41, 5.74) is 13.7. The Kier molecular flexibility index (Phi) is 22.6. The summed E-state index contributed by atoms with van der Waals surface area (Å²) < 4.78 is 22.3. The number of ketones is 2. The minimum atomic E-state index is -0.982. The van der Waals surface area contributed by atoms with Crippen molar-refractivity contribution in [3.8, 4) is 39.8 Å². The number of amides is 2. The maximum absolute atomic E-state index is 12.4. The first-order chi connectivity index (χ1) is 47.5. The number of aliphatic carboxylic acids is 2. The van der Waals surface area contributed by atoms with Gasteiger partial charge in [0.1, 0.15) is 19.0 Å². The van der Waals surface area contributed by atoms with E-state index in [2.05, 4.69) is 85.0 Å². The monoisotopic (exact) mass is 1320 g/mol. The van der Waals surface area contributed by atoms with Crippen LogP contribution >= 0.6 is 0 Å². The number of methoxy groups -OCH3 is 1. The number of benzene rings is 6. The second-order valence-electron chi connectivity index (χ2n) is 26.7. The highest BCUT2D eigenvalue weighted by Gasteiger charge is 2.41. The average molecular weight is 1330 g/mol. The Morgan fingerprint density at radius 3 is 1.23 bits per heavy atom. The van der Waals surface area contributed by atoms with E-state index in [0.717, 1.165) is 116 Å². The van der Waals surface area contributed by atoms with Gasteiger partial charge in [0.2, 0.25) is 11.8 Å². The molecule has 0 bridgehead atoms. The number of nitrogens with one attached hydrogen (secondary N) is 4. The second-order valence-corrected chi connectivity index (χ2v) is 26.7. The van der Waals surface area contributed by atoms with Gasteiger partial charge in [-0.25, -0.2) is 9.59 Å². The Morgan fingerprint density at radius 2 is 0.878 bits per heavy atom. The van der Waals surface area contributed by atoms with Crippen molar-refractivity contribution in [2.24, 2.45) is 0 Å². The van der Waals surface area contributed by atoms with Gasteiger partial charge in [0.15, 0.2) is 23.1 Å². The molecule has 6 aromatic carbocycles. The van der Waals surface area contributed by atoms with Gasteiger partial charge in [-0.05, 0) is 197 Å². The lowest BCUT2D eigenvalue weighted by molar-refractivity contribution is -0.132. The van der Waals surface area contributed by atoms with E-state index in [-0.39, 0.29) is 23.4 Å². The van der Waals surface area contributed by atoms with Crippen LogP contribution in [0.3, 0.4) is 0 Å². The first-order valence-electron chi connectivity index (χ1n) is 34.9. The third-order valence-corrected chi connectivity index (χ3v) is 20.7. The number of anilines is 2. The maximum atomic E-state index is 12.4. The number of nitrogens with zero attached hydrogens (tertiary/aromatic N) is 2. The Morgan fingerprint density at radius 1 is 0.490 bits per heavy atom. The number of likely N-dealkylation sites (N-methyl/N-ethyl adjacent to an activating group) is 2. The number of carboxylic acids is 2. The van der Waals surface area contributed by atoms with Gasteiger partial charge in [-0.1, -0.05) is 131 Å². The highest BCUT2D eigenvalue weighted by molar-refractivity contribution is 6.07. The largest absolute Gasteiger partial charge is 0.497 e.